The van der Waals surface area contributed by atoms with Crippen LogP contribution in [0.15, 0.2) is 22.7 Å². The van der Waals surface area contributed by atoms with Crippen LogP contribution < -0.4 is 10.1 Å². The maximum absolute atomic E-state index is 12.7. The summed E-state index contributed by atoms with van der Waals surface area (Å²) in [5, 5.41) is 1.70. The number of alkyl halides is 4. The SMILES string of the molecule is COc1ccc(NC(=O)C(F)(F)C(F)F)cc1Br. The first-order valence-electron chi connectivity index (χ1n) is 4.60. The molecule has 0 saturated carbocycles. The summed E-state index contributed by atoms with van der Waals surface area (Å²) in [6.07, 6.45) is -4.06. The normalized spacial score (nSPS) is 11.5. The minimum absolute atomic E-state index is 0.0481. The monoisotopic (exact) mass is 329 g/mol. The van der Waals surface area contributed by atoms with E-state index in [1.165, 1.54) is 25.3 Å². The van der Waals surface area contributed by atoms with E-state index in [1.54, 1.807) is 5.32 Å². The van der Waals surface area contributed by atoms with Crippen LogP contribution in [0.2, 0.25) is 0 Å². The lowest BCUT2D eigenvalue weighted by Crippen LogP contribution is -2.40. The molecule has 18 heavy (non-hydrogen) atoms. The molecule has 1 aromatic carbocycles. The number of rotatable bonds is 4. The van der Waals surface area contributed by atoms with Crippen LogP contribution in [0.25, 0.3) is 0 Å². The highest BCUT2D eigenvalue weighted by Crippen LogP contribution is 2.29. The molecule has 3 nitrogen and oxygen atoms in total. The van der Waals surface area contributed by atoms with Crippen LogP contribution in [0.1, 0.15) is 0 Å². The maximum Gasteiger partial charge on any atom is 0.383 e. The molecule has 8 heteroatoms. The van der Waals surface area contributed by atoms with Gasteiger partial charge in [0, 0.05) is 5.69 Å². The van der Waals surface area contributed by atoms with Gasteiger partial charge in [-0.2, -0.15) is 8.78 Å². The van der Waals surface area contributed by atoms with Gasteiger partial charge in [0.2, 0.25) is 0 Å². The van der Waals surface area contributed by atoms with E-state index in [0.717, 1.165) is 0 Å². The summed E-state index contributed by atoms with van der Waals surface area (Å²) in [7, 11) is 1.39. The van der Waals surface area contributed by atoms with Crippen molar-refractivity contribution in [3.05, 3.63) is 22.7 Å². The van der Waals surface area contributed by atoms with E-state index in [-0.39, 0.29) is 5.69 Å². The molecule has 0 atom stereocenters. The van der Waals surface area contributed by atoms with Gasteiger partial charge < -0.3 is 10.1 Å². The Balaban J connectivity index is 2.86. The molecule has 0 saturated heterocycles. The summed E-state index contributed by atoms with van der Waals surface area (Å²) >= 11 is 3.06. The molecule has 1 N–H and O–H groups in total. The van der Waals surface area contributed by atoms with Crippen LogP contribution in [0.3, 0.4) is 0 Å². The van der Waals surface area contributed by atoms with Gasteiger partial charge in [-0.3, -0.25) is 4.79 Å². The number of methoxy groups -OCH3 is 1. The van der Waals surface area contributed by atoms with Crippen molar-refractivity contribution in [2.75, 3.05) is 12.4 Å². The van der Waals surface area contributed by atoms with E-state index in [2.05, 4.69) is 15.9 Å². The minimum Gasteiger partial charge on any atom is -0.496 e. The third-order valence-corrected chi connectivity index (χ3v) is 2.61. The van der Waals surface area contributed by atoms with Gasteiger partial charge in [0.25, 0.3) is 0 Å². The Kier molecular flexibility index (Phi) is 4.55. The van der Waals surface area contributed by atoms with Crippen LogP contribution >= 0.6 is 15.9 Å². The van der Waals surface area contributed by atoms with E-state index in [1.807, 2.05) is 0 Å². The molecule has 0 radical (unpaired) electrons. The molecule has 0 spiro atoms. The summed E-state index contributed by atoms with van der Waals surface area (Å²) in [4.78, 5) is 11.0. The van der Waals surface area contributed by atoms with E-state index >= 15 is 0 Å². The first kappa shape index (κ1) is 14.7. The zero-order valence-electron chi connectivity index (χ0n) is 9.02. The van der Waals surface area contributed by atoms with Crippen molar-refractivity contribution >= 4 is 27.5 Å². The zero-order valence-corrected chi connectivity index (χ0v) is 10.6. The quantitative estimate of drug-likeness (QED) is 0.861. The molecular weight excluding hydrogens is 322 g/mol. The lowest BCUT2D eigenvalue weighted by molar-refractivity contribution is -0.163. The van der Waals surface area contributed by atoms with Gasteiger partial charge in [-0.05, 0) is 34.1 Å². The highest BCUT2D eigenvalue weighted by atomic mass is 79.9. The van der Waals surface area contributed by atoms with E-state index < -0.39 is 18.3 Å². The molecule has 1 rings (SSSR count). The fourth-order valence-corrected chi connectivity index (χ4v) is 1.60. The smallest absolute Gasteiger partial charge is 0.383 e. The number of carbonyl (C=O) groups excluding carboxylic acids is 1. The summed E-state index contributed by atoms with van der Waals surface area (Å²) in [5.41, 5.74) is -0.0481. The standard InChI is InChI=1S/C10H8BrF4NO2/c1-18-7-3-2-5(4-6(7)11)16-9(17)10(14,15)8(12)13/h2-4,8H,1H3,(H,16,17). The Labute approximate surface area is 108 Å². The lowest BCUT2D eigenvalue weighted by Gasteiger charge is -2.15. The molecule has 0 aliphatic carbocycles. The molecular formula is C10H8BrF4NO2. The van der Waals surface area contributed by atoms with E-state index in [4.69, 9.17) is 4.74 Å². The summed E-state index contributed by atoms with van der Waals surface area (Å²) in [5.74, 6) is -6.38. The predicted molar refractivity (Wildman–Crippen MR) is 60.3 cm³/mol. The second-order valence-electron chi connectivity index (χ2n) is 3.23. The largest absolute Gasteiger partial charge is 0.496 e. The number of nitrogens with one attached hydrogen (secondary N) is 1. The van der Waals surface area contributed by atoms with Crippen LogP contribution in [-0.2, 0) is 4.79 Å². The molecule has 0 unspecified atom stereocenters. The van der Waals surface area contributed by atoms with Gasteiger partial charge in [0.05, 0.1) is 11.6 Å². The van der Waals surface area contributed by atoms with Crippen molar-refractivity contribution in [2.24, 2.45) is 0 Å². The van der Waals surface area contributed by atoms with Crippen LogP contribution in [-0.4, -0.2) is 25.4 Å². The second kappa shape index (κ2) is 5.55. The Bertz CT molecular complexity index is 454. The van der Waals surface area contributed by atoms with E-state index in [9.17, 15) is 22.4 Å². The van der Waals surface area contributed by atoms with E-state index in [0.29, 0.717) is 10.2 Å². The third-order valence-electron chi connectivity index (χ3n) is 1.99. The maximum atomic E-state index is 12.7. The van der Waals surface area contributed by atoms with Crippen LogP contribution in [0.4, 0.5) is 23.2 Å². The summed E-state index contributed by atoms with van der Waals surface area (Å²) in [6, 6.07) is 3.90. The molecule has 0 aliphatic heterocycles. The number of anilines is 1. The fraction of sp³-hybridized carbons (Fsp3) is 0.300. The molecule has 0 bridgehead atoms. The van der Waals surface area contributed by atoms with Crippen molar-refractivity contribution < 1.29 is 27.1 Å². The number of ether oxygens (including phenoxy) is 1. The summed E-state index contributed by atoms with van der Waals surface area (Å²) < 4.78 is 54.5. The number of amides is 1. The number of halogens is 5. The van der Waals surface area contributed by atoms with Crippen LogP contribution in [0.5, 0.6) is 5.75 Å². The molecule has 100 valence electrons. The van der Waals surface area contributed by atoms with Gasteiger partial charge in [0.1, 0.15) is 5.75 Å². The number of carbonyl (C=O) groups is 1. The third kappa shape index (κ3) is 3.12. The Morgan fingerprint density at radius 3 is 2.50 bits per heavy atom. The van der Waals surface area contributed by atoms with Crippen LogP contribution in [0, 0.1) is 0 Å². The average Bonchev–Trinajstić information content (AvgIpc) is 2.28. The fourth-order valence-electron chi connectivity index (χ4n) is 1.06. The zero-order chi connectivity index (χ0) is 13.9. The van der Waals surface area contributed by atoms with Gasteiger partial charge in [-0.25, -0.2) is 8.78 Å². The predicted octanol–water partition coefficient (Wildman–Crippen LogP) is 3.30. The Morgan fingerprint density at radius 2 is 2.06 bits per heavy atom. The molecule has 0 aliphatic rings. The minimum atomic E-state index is -4.73. The number of hydrogen-bond acceptors (Lipinski definition) is 2. The Hall–Kier alpha value is -1.31. The summed E-state index contributed by atoms with van der Waals surface area (Å²) in [6.45, 7) is 0. The molecule has 0 heterocycles. The van der Waals surface area contributed by atoms with Crippen molar-refractivity contribution in [1.82, 2.24) is 0 Å². The van der Waals surface area contributed by atoms with Crippen molar-refractivity contribution in [1.29, 1.82) is 0 Å². The number of hydrogen-bond donors (Lipinski definition) is 1. The topological polar surface area (TPSA) is 38.3 Å². The van der Waals surface area contributed by atoms with Gasteiger partial charge >= 0.3 is 18.3 Å². The first-order chi connectivity index (χ1) is 8.28. The molecule has 1 amide bonds. The van der Waals surface area contributed by atoms with Gasteiger partial charge in [0.15, 0.2) is 0 Å². The van der Waals surface area contributed by atoms with Crippen molar-refractivity contribution in [3.63, 3.8) is 0 Å². The second-order valence-corrected chi connectivity index (χ2v) is 4.08. The molecule has 1 aromatic rings. The van der Waals surface area contributed by atoms with Gasteiger partial charge in [-0.15, -0.1) is 0 Å². The molecule has 0 aromatic heterocycles. The molecule has 0 fully saturated rings. The Morgan fingerprint density at radius 1 is 1.44 bits per heavy atom. The highest BCUT2D eigenvalue weighted by molar-refractivity contribution is 9.10. The highest BCUT2D eigenvalue weighted by Gasteiger charge is 2.48. The number of benzene rings is 1. The van der Waals surface area contributed by atoms with Gasteiger partial charge in [-0.1, -0.05) is 0 Å². The first-order valence-corrected chi connectivity index (χ1v) is 5.39. The lowest BCUT2D eigenvalue weighted by atomic mass is 10.2. The average molecular weight is 330 g/mol. The van der Waals surface area contributed by atoms with Crippen molar-refractivity contribution in [2.45, 2.75) is 12.3 Å². The van der Waals surface area contributed by atoms with Crippen molar-refractivity contribution in [3.8, 4) is 5.75 Å².